The summed E-state index contributed by atoms with van der Waals surface area (Å²) in [5.41, 5.74) is 2.41. The number of carbonyl (C=O) groups is 1. The van der Waals surface area contributed by atoms with Crippen molar-refractivity contribution in [2.45, 2.75) is 6.42 Å². The molecule has 120 valence electrons. The van der Waals surface area contributed by atoms with Crippen molar-refractivity contribution >= 4 is 39.5 Å². The Morgan fingerprint density at radius 1 is 1.13 bits per heavy atom. The third-order valence-corrected chi connectivity index (χ3v) is 3.88. The summed E-state index contributed by atoms with van der Waals surface area (Å²) in [6.07, 6.45) is 0.237. The van der Waals surface area contributed by atoms with Gasteiger partial charge in [-0.25, -0.2) is 0 Å². The number of carbonyl (C=O) groups excluding carboxylic acids is 1. The molecule has 0 N–H and O–H groups in total. The number of ether oxygens (including phenoxy) is 1. The second kappa shape index (κ2) is 6.60. The van der Waals surface area contributed by atoms with E-state index in [4.69, 9.17) is 20.8 Å². The predicted octanol–water partition coefficient (Wildman–Crippen LogP) is 3.89. The molecule has 0 aliphatic heterocycles. The van der Waals surface area contributed by atoms with E-state index in [0.29, 0.717) is 11.6 Å². The lowest BCUT2D eigenvalue weighted by Gasteiger charge is -2.09. The Morgan fingerprint density at radius 3 is 2.74 bits per heavy atom. The molecule has 1 heterocycles. The number of fused-ring (bicyclic) bond motifs is 3. The summed E-state index contributed by atoms with van der Waals surface area (Å²) in [6.45, 7) is 1.12. The Hall–Kier alpha value is -2.04. The van der Waals surface area contributed by atoms with Crippen LogP contribution >= 0.6 is 11.6 Å². The highest BCUT2D eigenvalue weighted by Crippen LogP contribution is 2.31. The van der Waals surface area contributed by atoms with Gasteiger partial charge < -0.3 is 14.1 Å². The minimum atomic E-state index is -0.231. The van der Waals surface area contributed by atoms with Crippen molar-refractivity contribution < 1.29 is 13.9 Å². The van der Waals surface area contributed by atoms with E-state index in [2.05, 4.69) is 0 Å². The highest BCUT2D eigenvalue weighted by molar-refractivity contribution is 6.31. The topological polar surface area (TPSA) is 42.7 Å². The second-order valence-corrected chi connectivity index (χ2v) is 6.21. The molecule has 0 unspecified atom stereocenters. The van der Waals surface area contributed by atoms with Gasteiger partial charge in [-0.3, -0.25) is 4.79 Å². The van der Waals surface area contributed by atoms with Crippen LogP contribution in [0.25, 0.3) is 21.9 Å². The number of halogens is 1. The van der Waals surface area contributed by atoms with Crippen molar-refractivity contribution in [2.75, 3.05) is 27.2 Å². The lowest BCUT2D eigenvalue weighted by molar-refractivity contribution is -0.143. The number of rotatable bonds is 5. The zero-order chi connectivity index (χ0) is 16.4. The summed E-state index contributed by atoms with van der Waals surface area (Å²) >= 11 is 6.04. The van der Waals surface area contributed by atoms with Crippen LogP contribution in [-0.2, 0) is 16.0 Å². The van der Waals surface area contributed by atoms with E-state index < -0.39 is 0 Å². The summed E-state index contributed by atoms with van der Waals surface area (Å²) < 4.78 is 11.0. The molecule has 3 rings (SSSR count). The molecule has 23 heavy (non-hydrogen) atoms. The van der Waals surface area contributed by atoms with Crippen molar-refractivity contribution in [3.05, 3.63) is 47.0 Å². The molecule has 0 saturated carbocycles. The summed E-state index contributed by atoms with van der Waals surface area (Å²) in [4.78, 5) is 13.8. The molecule has 0 aliphatic rings. The standard InChI is InChI=1S/C18H18ClNO3/c1-20(2)7-8-22-18(21)10-12-3-5-14-15-11-13(19)4-6-16(15)23-17(14)9-12/h3-6,9,11H,7-8,10H2,1-2H3. The van der Waals surface area contributed by atoms with Crippen LogP contribution in [0.2, 0.25) is 5.02 Å². The largest absolute Gasteiger partial charge is 0.464 e. The maximum Gasteiger partial charge on any atom is 0.310 e. The smallest absolute Gasteiger partial charge is 0.310 e. The van der Waals surface area contributed by atoms with Gasteiger partial charge >= 0.3 is 5.97 Å². The first-order valence-electron chi connectivity index (χ1n) is 7.44. The van der Waals surface area contributed by atoms with Gasteiger partial charge in [0.15, 0.2) is 0 Å². The van der Waals surface area contributed by atoms with E-state index in [1.807, 2.05) is 49.3 Å². The summed E-state index contributed by atoms with van der Waals surface area (Å²) in [6, 6.07) is 11.3. The SMILES string of the molecule is CN(C)CCOC(=O)Cc1ccc2c(c1)oc1ccc(Cl)cc12. The molecule has 2 aromatic carbocycles. The van der Waals surface area contributed by atoms with Crippen LogP contribution in [0.4, 0.5) is 0 Å². The summed E-state index contributed by atoms with van der Waals surface area (Å²) in [7, 11) is 3.88. The lowest BCUT2D eigenvalue weighted by atomic mass is 10.1. The number of nitrogens with zero attached hydrogens (tertiary/aromatic N) is 1. The summed E-state index contributed by atoms with van der Waals surface area (Å²) in [5.74, 6) is -0.231. The minimum absolute atomic E-state index is 0.231. The van der Waals surface area contributed by atoms with Crippen LogP contribution in [0.15, 0.2) is 40.8 Å². The first-order chi connectivity index (χ1) is 11.0. The van der Waals surface area contributed by atoms with Gasteiger partial charge in [-0.05, 0) is 43.9 Å². The number of likely N-dealkylation sites (N-methyl/N-ethyl adjacent to an activating group) is 1. The molecule has 0 amide bonds. The molecule has 4 nitrogen and oxygen atoms in total. The molecule has 0 bridgehead atoms. The second-order valence-electron chi connectivity index (χ2n) is 5.77. The Labute approximate surface area is 139 Å². The maximum atomic E-state index is 11.9. The van der Waals surface area contributed by atoms with E-state index in [1.54, 1.807) is 6.07 Å². The quantitative estimate of drug-likeness (QED) is 0.665. The van der Waals surface area contributed by atoms with Gasteiger partial charge in [0, 0.05) is 22.3 Å². The number of esters is 1. The molecule has 0 aliphatic carbocycles. The van der Waals surface area contributed by atoms with Crippen molar-refractivity contribution in [1.82, 2.24) is 4.90 Å². The molecule has 0 saturated heterocycles. The third-order valence-electron chi connectivity index (χ3n) is 3.65. The average Bonchev–Trinajstić information content (AvgIpc) is 2.83. The fourth-order valence-electron chi connectivity index (χ4n) is 2.46. The normalized spacial score (nSPS) is 11.5. The van der Waals surface area contributed by atoms with Gasteiger partial charge in [-0.15, -0.1) is 0 Å². The van der Waals surface area contributed by atoms with Crippen LogP contribution in [0, 0.1) is 0 Å². The van der Waals surface area contributed by atoms with Crippen molar-refractivity contribution in [3.63, 3.8) is 0 Å². The first kappa shape index (κ1) is 15.8. The molecule has 0 fully saturated rings. The lowest BCUT2D eigenvalue weighted by Crippen LogP contribution is -2.20. The average molecular weight is 332 g/mol. The van der Waals surface area contributed by atoms with E-state index in [-0.39, 0.29) is 12.4 Å². The molecule has 3 aromatic rings. The number of hydrogen-bond donors (Lipinski definition) is 0. The fraction of sp³-hybridized carbons (Fsp3) is 0.278. The Bertz CT molecular complexity index is 854. The molecule has 5 heteroatoms. The molecule has 1 aromatic heterocycles. The van der Waals surface area contributed by atoms with Gasteiger partial charge in [0.2, 0.25) is 0 Å². The Balaban J connectivity index is 1.78. The van der Waals surface area contributed by atoms with Crippen molar-refractivity contribution in [2.24, 2.45) is 0 Å². The van der Waals surface area contributed by atoms with Gasteiger partial charge in [-0.1, -0.05) is 23.7 Å². The third kappa shape index (κ3) is 3.66. The van der Waals surface area contributed by atoms with Crippen LogP contribution in [0.3, 0.4) is 0 Å². The van der Waals surface area contributed by atoms with Crippen molar-refractivity contribution in [3.8, 4) is 0 Å². The number of furan rings is 1. The van der Waals surface area contributed by atoms with Crippen LogP contribution < -0.4 is 0 Å². The van der Waals surface area contributed by atoms with E-state index in [1.165, 1.54) is 0 Å². The first-order valence-corrected chi connectivity index (χ1v) is 7.82. The Kier molecular flexibility index (Phi) is 4.55. The fourth-order valence-corrected chi connectivity index (χ4v) is 2.64. The van der Waals surface area contributed by atoms with Crippen LogP contribution in [-0.4, -0.2) is 38.1 Å². The van der Waals surface area contributed by atoms with Gasteiger partial charge in [0.25, 0.3) is 0 Å². The van der Waals surface area contributed by atoms with Gasteiger partial charge in [0.05, 0.1) is 6.42 Å². The number of hydrogen-bond acceptors (Lipinski definition) is 4. The van der Waals surface area contributed by atoms with E-state index in [0.717, 1.165) is 34.0 Å². The predicted molar refractivity (Wildman–Crippen MR) is 91.9 cm³/mol. The summed E-state index contributed by atoms with van der Waals surface area (Å²) in [5, 5.41) is 2.65. The van der Waals surface area contributed by atoms with Crippen LogP contribution in [0.1, 0.15) is 5.56 Å². The maximum absolute atomic E-state index is 11.9. The molecular weight excluding hydrogens is 314 g/mol. The number of benzene rings is 2. The highest BCUT2D eigenvalue weighted by atomic mass is 35.5. The zero-order valence-electron chi connectivity index (χ0n) is 13.1. The monoisotopic (exact) mass is 331 g/mol. The van der Waals surface area contributed by atoms with E-state index in [9.17, 15) is 4.79 Å². The molecular formula is C18H18ClNO3. The minimum Gasteiger partial charge on any atom is -0.464 e. The van der Waals surface area contributed by atoms with Gasteiger partial charge in [0.1, 0.15) is 17.8 Å². The van der Waals surface area contributed by atoms with Crippen molar-refractivity contribution in [1.29, 1.82) is 0 Å². The zero-order valence-corrected chi connectivity index (χ0v) is 13.9. The van der Waals surface area contributed by atoms with Gasteiger partial charge in [-0.2, -0.15) is 0 Å². The molecule has 0 atom stereocenters. The van der Waals surface area contributed by atoms with Crippen LogP contribution in [0.5, 0.6) is 0 Å². The molecule has 0 spiro atoms. The highest BCUT2D eigenvalue weighted by Gasteiger charge is 2.10. The Morgan fingerprint density at radius 2 is 1.96 bits per heavy atom. The molecule has 0 radical (unpaired) electrons. The van der Waals surface area contributed by atoms with E-state index >= 15 is 0 Å².